The van der Waals surface area contributed by atoms with Gasteiger partial charge in [-0.25, -0.2) is 4.99 Å². The molecule has 2 rings (SSSR count). The van der Waals surface area contributed by atoms with Gasteiger partial charge >= 0.3 is 0 Å². The van der Waals surface area contributed by atoms with Crippen LogP contribution in [0.3, 0.4) is 0 Å². The number of hydrogen-bond donors (Lipinski definition) is 1. The third-order valence-electron chi connectivity index (χ3n) is 4.36. The van der Waals surface area contributed by atoms with Gasteiger partial charge in [0.2, 0.25) is 0 Å². The normalized spacial score (nSPS) is 37.2. The first-order chi connectivity index (χ1) is 8.41. The number of rotatable bonds is 3. The third kappa shape index (κ3) is 2.80. The van der Waals surface area contributed by atoms with Gasteiger partial charge in [0.15, 0.2) is 0 Å². The summed E-state index contributed by atoms with van der Waals surface area (Å²) in [7, 11) is 0. The number of aliphatic imine (C=N–C) groups is 1. The van der Waals surface area contributed by atoms with Crippen molar-refractivity contribution in [2.45, 2.75) is 63.7 Å². The van der Waals surface area contributed by atoms with Crippen molar-refractivity contribution in [1.29, 1.82) is 0 Å². The zero-order valence-electron chi connectivity index (χ0n) is 11.5. The molecule has 0 aromatic heterocycles. The van der Waals surface area contributed by atoms with Crippen LogP contribution >= 0.6 is 11.8 Å². The quantitative estimate of drug-likeness (QED) is 0.857. The number of hydrogen-bond acceptors (Lipinski definition) is 3. The molecule has 1 saturated carbocycles. The van der Waals surface area contributed by atoms with Crippen molar-refractivity contribution in [3.63, 3.8) is 0 Å². The van der Waals surface area contributed by atoms with E-state index in [2.05, 4.69) is 18.8 Å². The van der Waals surface area contributed by atoms with E-state index in [0.29, 0.717) is 11.8 Å². The zero-order valence-corrected chi connectivity index (χ0v) is 12.3. The van der Waals surface area contributed by atoms with Crippen molar-refractivity contribution in [1.82, 2.24) is 0 Å². The van der Waals surface area contributed by atoms with Gasteiger partial charge in [-0.1, -0.05) is 25.6 Å². The molecule has 1 fully saturated rings. The number of carbonyl (C=O) groups is 1. The average molecular weight is 269 g/mol. The number of amides is 1. The largest absolute Gasteiger partial charge is 0.393 e. The summed E-state index contributed by atoms with van der Waals surface area (Å²) >= 11 is 1.66. The highest BCUT2D eigenvalue weighted by Gasteiger charge is 2.43. The van der Waals surface area contributed by atoms with E-state index in [1.807, 2.05) is 6.92 Å². The molecule has 3 nitrogen and oxygen atoms in total. The van der Waals surface area contributed by atoms with Crippen molar-refractivity contribution in [2.24, 2.45) is 16.8 Å². The number of carbonyl (C=O) groups excluding carboxylic acids is 1. The maximum Gasteiger partial charge on any atom is 0.263 e. The molecule has 1 N–H and O–H groups in total. The van der Waals surface area contributed by atoms with E-state index in [-0.39, 0.29) is 16.8 Å². The van der Waals surface area contributed by atoms with E-state index in [1.165, 1.54) is 0 Å². The molecular weight excluding hydrogens is 246 g/mol. The summed E-state index contributed by atoms with van der Waals surface area (Å²) in [6, 6.07) is 0. The van der Waals surface area contributed by atoms with Gasteiger partial charge in [-0.05, 0) is 50.9 Å². The molecule has 0 aromatic carbocycles. The maximum atomic E-state index is 12.0. The molecule has 1 atom stereocenters. The van der Waals surface area contributed by atoms with Crippen LogP contribution in [0.4, 0.5) is 0 Å². The van der Waals surface area contributed by atoms with E-state index < -0.39 is 0 Å². The Kier molecular flexibility index (Phi) is 4.17. The average Bonchev–Trinajstić information content (AvgIpc) is 2.59. The van der Waals surface area contributed by atoms with Crippen molar-refractivity contribution < 1.29 is 9.90 Å². The van der Waals surface area contributed by atoms with Gasteiger partial charge in [0, 0.05) is 0 Å². The second-order valence-corrected chi connectivity index (χ2v) is 7.58. The Hall–Kier alpha value is -0.350. The van der Waals surface area contributed by atoms with Crippen molar-refractivity contribution in [2.75, 3.05) is 0 Å². The van der Waals surface area contributed by atoms with Gasteiger partial charge in [-0.2, -0.15) is 0 Å². The van der Waals surface area contributed by atoms with Crippen LogP contribution in [0.2, 0.25) is 0 Å². The summed E-state index contributed by atoms with van der Waals surface area (Å²) in [4.78, 5) is 16.2. The molecule has 1 amide bonds. The van der Waals surface area contributed by atoms with Gasteiger partial charge in [0.1, 0.15) is 4.75 Å². The minimum atomic E-state index is -0.358. The first-order valence-corrected chi connectivity index (χ1v) is 7.72. The van der Waals surface area contributed by atoms with Crippen LogP contribution in [0.15, 0.2) is 4.99 Å². The van der Waals surface area contributed by atoms with Crippen LogP contribution < -0.4 is 0 Å². The first-order valence-electron chi connectivity index (χ1n) is 6.91. The molecule has 0 saturated heterocycles. The fourth-order valence-corrected chi connectivity index (χ4v) is 3.89. The fraction of sp³-hybridized carbons (Fsp3) is 0.857. The lowest BCUT2D eigenvalue weighted by Gasteiger charge is -2.27. The molecule has 102 valence electrons. The fourth-order valence-electron chi connectivity index (χ4n) is 2.58. The van der Waals surface area contributed by atoms with Crippen LogP contribution in [0.5, 0.6) is 0 Å². The summed E-state index contributed by atoms with van der Waals surface area (Å²) in [5.41, 5.74) is 0. The predicted molar refractivity (Wildman–Crippen MR) is 75.9 cm³/mol. The highest BCUT2D eigenvalue weighted by atomic mass is 32.2. The molecule has 0 aromatic rings. The number of aliphatic hydroxyl groups is 1. The lowest BCUT2D eigenvalue weighted by atomic mass is 9.86. The van der Waals surface area contributed by atoms with E-state index in [4.69, 9.17) is 0 Å². The van der Waals surface area contributed by atoms with Gasteiger partial charge < -0.3 is 5.11 Å². The van der Waals surface area contributed by atoms with Crippen LogP contribution in [0.25, 0.3) is 0 Å². The molecule has 0 bridgehead atoms. The zero-order chi connectivity index (χ0) is 13.3. The summed E-state index contributed by atoms with van der Waals surface area (Å²) in [5, 5.41) is 10.5. The summed E-state index contributed by atoms with van der Waals surface area (Å²) < 4.78 is -0.358. The molecular formula is C14H23NO2S. The Balaban J connectivity index is 1.92. The smallest absolute Gasteiger partial charge is 0.263 e. The van der Waals surface area contributed by atoms with E-state index in [0.717, 1.165) is 37.1 Å². The predicted octanol–water partition coefficient (Wildman–Crippen LogP) is 3.01. The molecule has 18 heavy (non-hydrogen) atoms. The van der Waals surface area contributed by atoms with Crippen LogP contribution in [0, 0.1) is 11.8 Å². The Morgan fingerprint density at radius 2 is 2.00 bits per heavy atom. The SMILES string of the molecule is CC(C)[C@]1(C)SC(CC2CCC(O)CC2)=NC1=O. The Morgan fingerprint density at radius 1 is 1.39 bits per heavy atom. The van der Waals surface area contributed by atoms with Gasteiger partial charge in [0.05, 0.1) is 11.1 Å². The minimum absolute atomic E-state index is 0.0355. The first kappa shape index (κ1) is 14.1. The lowest BCUT2D eigenvalue weighted by molar-refractivity contribution is -0.120. The topological polar surface area (TPSA) is 49.7 Å². The van der Waals surface area contributed by atoms with Crippen molar-refractivity contribution in [3.05, 3.63) is 0 Å². The van der Waals surface area contributed by atoms with Gasteiger partial charge in [-0.15, -0.1) is 0 Å². The Labute approximate surface area is 113 Å². The summed E-state index contributed by atoms with van der Waals surface area (Å²) in [6.45, 7) is 6.17. The standard InChI is InChI=1S/C14H23NO2S/c1-9(2)14(3)13(17)15-12(18-14)8-10-4-6-11(16)7-5-10/h9-11,16H,4-8H2,1-3H3/t10?,11?,14-/m0/s1. The van der Waals surface area contributed by atoms with Crippen LogP contribution in [0.1, 0.15) is 52.9 Å². The molecule has 4 heteroatoms. The highest BCUT2D eigenvalue weighted by molar-refractivity contribution is 8.16. The lowest BCUT2D eigenvalue weighted by Crippen LogP contribution is -2.33. The van der Waals surface area contributed by atoms with Crippen LogP contribution in [-0.4, -0.2) is 26.9 Å². The molecule has 1 aliphatic carbocycles. The van der Waals surface area contributed by atoms with Gasteiger partial charge in [0.25, 0.3) is 5.91 Å². The maximum absolute atomic E-state index is 12.0. The molecule has 1 heterocycles. The molecule has 0 spiro atoms. The van der Waals surface area contributed by atoms with Crippen molar-refractivity contribution >= 4 is 22.7 Å². The Morgan fingerprint density at radius 3 is 2.50 bits per heavy atom. The number of nitrogens with zero attached hydrogens (tertiary/aromatic N) is 1. The number of aliphatic hydroxyl groups excluding tert-OH is 1. The van der Waals surface area contributed by atoms with Gasteiger partial charge in [-0.3, -0.25) is 4.79 Å². The molecule has 2 aliphatic rings. The Bertz CT molecular complexity index is 359. The molecule has 0 radical (unpaired) electrons. The second-order valence-electron chi connectivity index (χ2n) is 6.05. The van der Waals surface area contributed by atoms with Crippen molar-refractivity contribution in [3.8, 4) is 0 Å². The number of thioether (sulfide) groups is 1. The van der Waals surface area contributed by atoms with Crippen LogP contribution in [-0.2, 0) is 4.79 Å². The summed E-state index contributed by atoms with van der Waals surface area (Å²) in [5.74, 6) is 0.944. The highest BCUT2D eigenvalue weighted by Crippen LogP contribution is 2.42. The van der Waals surface area contributed by atoms with E-state index >= 15 is 0 Å². The third-order valence-corrected chi connectivity index (χ3v) is 5.93. The summed E-state index contributed by atoms with van der Waals surface area (Å²) in [6.07, 6.45) is 4.74. The second kappa shape index (κ2) is 5.33. The van der Waals surface area contributed by atoms with E-state index in [9.17, 15) is 9.90 Å². The van der Waals surface area contributed by atoms with E-state index in [1.54, 1.807) is 11.8 Å². The monoisotopic (exact) mass is 269 g/mol. The minimum Gasteiger partial charge on any atom is -0.393 e. The molecule has 0 unspecified atom stereocenters. The molecule has 1 aliphatic heterocycles.